The molecule has 22 heavy (non-hydrogen) atoms. The van der Waals surface area contributed by atoms with Crippen molar-refractivity contribution in [1.82, 2.24) is 15.6 Å². The number of urea groups is 1. The van der Waals surface area contributed by atoms with Gasteiger partial charge in [0.1, 0.15) is 4.88 Å². The number of nitrogens with one attached hydrogen (secondary N) is 2. The number of thiazole rings is 1. The van der Waals surface area contributed by atoms with Crippen LogP contribution in [0.4, 0.5) is 4.79 Å². The predicted octanol–water partition coefficient (Wildman–Crippen LogP) is 1.69. The Morgan fingerprint density at radius 1 is 1.27 bits per heavy atom. The van der Waals surface area contributed by atoms with Crippen LogP contribution in [0.15, 0.2) is 0 Å². The number of carbonyl (C=O) groups is 3. The van der Waals surface area contributed by atoms with Crippen LogP contribution in [-0.2, 0) is 9.53 Å². The highest BCUT2D eigenvalue weighted by Gasteiger charge is 2.20. The number of nitrogens with zero attached hydrogens (tertiary/aromatic N) is 1. The summed E-state index contributed by atoms with van der Waals surface area (Å²) in [7, 11) is 0. The van der Waals surface area contributed by atoms with Gasteiger partial charge in [0.2, 0.25) is 0 Å². The van der Waals surface area contributed by atoms with Gasteiger partial charge in [-0.15, -0.1) is 11.3 Å². The average Bonchev–Trinajstić information content (AvgIpc) is 3.05. The molecule has 0 bridgehead atoms. The Hall–Kier alpha value is -1.96. The fraction of sp³-hybridized carbons (Fsp3) is 0.571. The number of imide groups is 1. The first-order valence-electron chi connectivity index (χ1n) is 7.17. The molecule has 2 N–H and O–H groups in total. The van der Waals surface area contributed by atoms with Crippen molar-refractivity contribution in [3.63, 3.8) is 0 Å². The van der Waals surface area contributed by atoms with Gasteiger partial charge >= 0.3 is 12.0 Å². The van der Waals surface area contributed by atoms with Gasteiger partial charge in [-0.3, -0.25) is 10.1 Å². The topological polar surface area (TPSA) is 97.4 Å². The van der Waals surface area contributed by atoms with Crippen molar-refractivity contribution in [2.24, 2.45) is 0 Å². The lowest BCUT2D eigenvalue weighted by molar-refractivity contribution is -0.123. The molecule has 0 saturated heterocycles. The van der Waals surface area contributed by atoms with E-state index < -0.39 is 24.5 Å². The fourth-order valence-corrected chi connectivity index (χ4v) is 3.19. The van der Waals surface area contributed by atoms with E-state index in [1.807, 2.05) is 0 Å². The number of carbonyl (C=O) groups excluding carboxylic acids is 3. The molecular weight excluding hydrogens is 306 g/mol. The molecule has 8 heteroatoms. The second-order valence-corrected chi connectivity index (χ2v) is 6.43. The molecule has 1 fully saturated rings. The Kier molecular flexibility index (Phi) is 5.48. The molecule has 1 saturated carbocycles. The molecule has 1 aromatic heterocycles. The Balaban J connectivity index is 1.74. The third-order valence-electron chi connectivity index (χ3n) is 3.37. The van der Waals surface area contributed by atoms with E-state index in [4.69, 9.17) is 4.74 Å². The molecule has 2 rings (SSSR count). The molecule has 120 valence electrons. The molecule has 0 atom stereocenters. The summed E-state index contributed by atoms with van der Waals surface area (Å²) < 4.78 is 4.89. The maximum Gasteiger partial charge on any atom is 0.350 e. The van der Waals surface area contributed by atoms with Crippen molar-refractivity contribution in [3.8, 4) is 0 Å². The quantitative estimate of drug-likeness (QED) is 0.821. The molecule has 3 amide bonds. The van der Waals surface area contributed by atoms with Crippen LogP contribution in [0.2, 0.25) is 0 Å². The van der Waals surface area contributed by atoms with Crippen molar-refractivity contribution >= 4 is 29.2 Å². The van der Waals surface area contributed by atoms with E-state index >= 15 is 0 Å². The van der Waals surface area contributed by atoms with E-state index in [-0.39, 0.29) is 6.04 Å². The third-order valence-corrected chi connectivity index (χ3v) is 4.42. The second-order valence-electron chi connectivity index (χ2n) is 5.23. The summed E-state index contributed by atoms with van der Waals surface area (Å²) in [5.41, 5.74) is 0.576. The summed E-state index contributed by atoms with van der Waals surface area (Å²) in [6, 6.07) is -0.420. The first-order chi connectivity index (χ1) is 10.5. The number of hydrogen-bond acceptors (Lipinski definition) is 6. The maximum atomic E-state index is 11.8. The van der Waals surface area contributed by atoms with Gasteiger partial charge in [-0.05, 0) is 26.7 Å². The van der Waals surface area contributed by atoms with Crippen LogP contribution in [-0.4, -0.2) is 35.5 Å². The van der Waals surface area contributed by atoms with Crippen molar-refractivity contribution in [1.29, 1.82) is 0 Å². The predicted molar refractivity (Wildman–Crippen MR) is 80.8 cm³/mol. The van der Waals surface area contributed by atoms with E-state index in [0.717, 1.165) is 30.7 Å². The van der Waals surface area contributed by atoms with Gasteiger partial charge in [0, 0.05) is 6.04 Å². The van der Waals surface area contributed by atoms with Crippen molar-refractivity contribution < 1.29 is 19.1 Å². The molecular formula is C14H19N3O4S. The lowest BCUT2D eigenvalue weighted by Crippen LogP contribution is -2.44. The standard InChI is InChI=1S/C14H19N3O4S/c1-8-12(22-9(2)15-8)13(19)21-7-11(18)17-14(20)16-10-5-3-4-6-10/h10H,3-7H2,1-2H3,(H2,16,17,18,20). The van der Waals surface area contributed by atoms with Crippen LogP contribution in [0.1, 0.15) is 46.1 Å². The number of aryl methyl sites for hydroxylation is 2. The molecule has 1 heterocycles. The summed E-state index contributed by atoms with van der Waals surface area (Å²) in [6.07, 6.45) is 4.04. The number of esters is 1. The minimum absolute atomic E-state index is 0.123. The molecule has 1 aliphatic carbocycles. The molecule has 0 unspecified atom stereocenters. The van der Waals surface area contributed by atoms with Crippen LogP contribution in [0.5, 0.6) is 0 Å². The normalized spacial score (nSPS) is 14.6. The maximum absolute atomic E-state index is 11.8. The minimum atomic E-state index is -0.650. The number of hydrogen-bond donors (Lipinski definition) is 2. The van der Waals surface area contributed by atoms with E-state index in [2.05, 4.69) is 15.6 Å². The van der Waals surface area contributed by atoms with Gasteiger partial charge in [0.25, 0.3) is 5.91 Å². The van der Waals surface area contributed by atoms with Gasteiger partial charge in [0.15, 0.2) is 6.61 Å². The second kappa shape index (κ2) is 7.35. The monoisotopic (exact) mass is 325 g/mol. The van der Waals surface area contributed by atoms with Gasteiger partial charge in [-0.1, -0.05) is 12.8 Å². The summed E-state index contributed by atoms with van der Waals surface area (Å²) in [5, 5.41) is 5.63. The van der Waals surface area contributed by atoms with Gasteiger partial charge < -0.3 is 10.1 Å². The highest BCUT2D eigenvalue weighted by molar-refractivity contribution is 7.13. The van der Waals surface area contributed by atoms with E-state index in [0.29, 0.717) is 10.6 Å². The summed E-state index contributed by atoms with van der Waals surface area (Å²) in [6.45, 7) is 3.00. The molecule has 1 aliphatic rings. The van der Waals surface area contributed by atoms with E-state index in [9.17, 15) is 14.4 Å². The zero-order chi connectivity index (χ0) is 16.1. The summed E-state index contributed by atoms with van der Waals surface area (Å²) in [4.78, 5) is 39.5. The van der Waals surface area contributed by atoms with Crippen molar-refractivity contribution in [3.05, 3.63) is 15.6 Å². The molecule has 7 nitrogen and oxygen atoms in total. The first-order valence-corrected chi connectivity index (χ1v) is 7.99. The average molecular weight is 325 g/mol. The first kappa shape index (κ1) is 16.4. The largest absolute Gasteiger partial charge is 0.451 e. The van der Waals surface area contributed by atoms with Crippen LogP contribution in [0.3, 0.4) is 0 Å². The molecule has 0 aromatic carbocycles. The Morgan fingerprint density at radius 3 is 2.55 bits per heavy atom. The number of amides is 3. The zero-order valence-electron chi connectivity index (χ0n) is 12.6. The number of aromatic nitrogens is 1. The fourth-order valence-electron chi connectivity index (χ4n) is 2.37. The molecule has 0 radical (unpaired) electrons. The highest BCUT2D eigenvalue weighted by Crippen LogP contribution is 2.18. The summed E-state index contributed by atoms with van der Waals surface area (Å²) in [5.74, 6) is -1.25. The van der Waals surface area contributed by atoms with E-state index in [1.54, 1.807) is 13.8 Å². The molecule has 0 spiro atoms. The molecule has 1 aromatic rings. The van der Waals surface area contributed by atoms with Crippen LogP contribution >= 0.6 is 11.3 Å². The van der Waals surface area contributed by atoms with Crippen molar-refractivity contribution in [2.75, 3.05) is 6.61 Å². The molecule has 0 aliphatic heterocycles. The Morgan fingerprint density at radius 2 is 1.95 bits per heavy atom. The smallest absolute Gasteiger partial charge is 0.350 e. The van der Waals surface area contributed by atoms with Crippen LogP contribution < -0.4 is 10.6 Å². The SMILES string of the molecule is Cc1nc(C)c(C(=O)OCC(=O)NC(=O)NC2CCCC2)s1. The van der Waals surface area contributed by atoms with E-state index in [1.165, 1.54) is 11.3 Å². The zero-order valence-corrected chi connectivity index (χ0v) is 13.4. The third kappa shape index (κ3) is 4.52. The summed E-state index contributed by atoms with van der Waals surface area (Å²) >= 11 is 1.21. The number of rotatable bonds is 4. The Labute approximate surface area is 132 Å². The van der Waals surface area contributed by atoms with Crippen molar-refractivity contribution in [2.45, 2.75) is 45.6 Å². The highest BCUT2D eigenvalue weighted by atomic mass is 32.1. The number of ether oxygens (including phenoxy) is 1. The van der Waals surface area contributed by atoms with Gasteiger partial charge in [0.05, 0.1) is 10.7 Å². The lowest BCUT2D eigenvalue weighted by Gasteiger charge is -2.12. The Bertz CT molecular complexity index is 579. The van der Waals surface area contributed by atoms with Crippen LogP contribution in [0.25, 0.3) is 0 Å². The lowest BCUT2D eigenvalue weighted by atomic mass is 10.2. The van der Waals surface area contributed by atoms with Gasteiger partial charge in [-0.2, -0.15) is 0 Å². The van der Waals surface area contributed by atoms with Crippen LogP contribution in [0, 0.1) is 13.8 Å². The minimum Gasteiger partial charge on any atom is -0.451 e. The van der Waals surface area contributed by atoms with Gasteiger partial charge in [-0.25, -0.2) is 14.6 Å².